The first kappa shape index (κ1) is 5.34. The fraction of sp³-hybridized carbons (Fsp3) is 0.250. The maximum Gasteiger partial charge on any atom is 0.121 e. The topological polar surface area (TPSA) is 18.5 Å². The summed E-state index contributed by atoms with van der Waals surface area (Å²) in [6, 6.07) is 0. The van der Waals surface area contributed by atoms with Crippen molar-refractivity contribution in [2.24, 2.45) is 0 Å². The van der Waals surface area contributed by atoms with Gasteiger partial charge in [-0.25, -0.2) is 0 Å². The Morgan fingerprint density at radius 3 is 2.33 bits per heavy atom. The molecule has 2 nitrogen and oxygen atoms in total. The fourth-order valence-electron chi connectivity index (χ4n) is 0.0948. The summed E-state index contributed by atoms with van der Waals surface area (Å²) < 4.78 is 8.66. The number of rotatable bonds is 2. The molecule has 35 valence electrons. The van der Waals surface area contributed by atoms with Crippen LogP contribution in [0.25, 0.3) is 0 Å². The lowest BCUT2D eigenvalue weighted by Gasteiger charge is -1.83. The molecule has 2 heteroatoms. The van der Waals surface area contributed by atoms with E-state index in [0.29, 0.717) is 0 Å². The van der Waals surface area contributed by atoms with Crippen molar-refractivity contribution in [3.05, 3.63) is 19.6 Å². The molecule has 0 unspecified atom stereocenters. The molecule has 0 bridgehead atoms. The molecule has 0 aliphatic heterocycles. The minimum atomic E-state index is 1.35. The van der Waals surface area contributed by atoms with Crippen molar-refractivity contribution in [2.75, 3.05) is 7.11 Å². The first-order valence-electron chi connectivity index (χ1n) is 1.50. The van der Waals surface area contributed by atoms with Crippen LogP contribution < -0.4 is 0 Å². The van der Waals surface area contributed by atoms with Crippen LogP contribution >= 0.6 is 0 Å². The predicted octanol–water partition coefficient (Wildman–Crippen LogP) is 0.912. The van der Waals surface area contributed by atoms with Crippen molar-refractivity contribution >= 4 is 0 Å². The Labute approximate surface area is 37.4 Å². The van der Waals surface area contributed by atoms with E-state index in [1.807, 2.05) is 0 Å². The molecule has 0 aromatic rings. The van der Waals surface area contributed by atoms with E-state index < -0.39 is 0 Å². The minimum Gasteiger partial charge on any atom is -0.501 e. The molecule has 0 N–H and O–H groups in total. The minimum absolute atomic E-state index is 1.35. The monoisotopic (exact) mass is 87.0 g/mol. The van der Waals surface area contributed by atoms with E-state index in [1.165, 1.54) is 19.6 Å². The van der Waals surface area contributed by atoms with Crippen molar-refractivity contribution in [3.63, 3.8) is 0 Å². The van der Waals surface area contributed by atoms with Crippen LogP contribution in [-0.4, -0.2) is 7.11 Å². The zero-order chi connectivity index (χ0) is 4.83. The van der Waals surface area contributed by atoms with Crippen molar-refractivity contribution in [3.8, 4) is 0 Å². The van der Waals surface area contributed by atoms with Crippen molar-refractivity contribution in [2.45, 2.75) is 0 Å². The van der Waals surface area contributed by atoms with Gasteiger partial charge >= 0.3 is 0 Å². The zero-order valence-corrected chi connectivity index (χ0v) is 3.68. The van der Waals surface area contributed by atoms with Gasteiger partial charge in [-0.15, -0.1) is 0 Å². The third-order valence-electron chi connectivity index (χ3n) is 0.288. The smallest absolute Gasteiger partial charge is 0.121 e. The van der Waals surface area contributed by atoms with Crippen molar-refractivity contribution in [1.29, 1.82) is 0 Å². The summed E-state index contributed by atoms with van der Waals surface area (Å²) in [5.41, 5.74) is 0. The van der Waals surface area contributed by atoms with E-state index >= 15 is 0 Å². The second-order valence-corrected chi connectivity index (χ2v) is 0.675. The fourth-order valence-corrected chi connectivity index (χ4v) is 0.0948. The average molecular weight is 87.1 g/mol. The van der Waals surface area contributed by atoms with Gasteiger partial charge in [-0.2, -0.15) is 0 Å². The summed E-state index contributed by atoms with van der Waals surface area (Å²) in [7, 11) is 4.59. The third kappa shape index (κ3) is 3.34. The van der Waals surface area contributed by atoms with E-state index in [-0.39, 0.29) is 0 Å². The highest BCUT2D eigenvalue weighted by atomic mass is 16.5. The molecule has 0 heterocycles. The van der Waals surface area contributed by atoms with Gasteiger partial charge in [-0.3, -0.25) is 0 Å². The van der Waals surface area contributed by atoms with Crippen LogP contribution in [-0.2, 0) is 9.47 Å². The summed E-state index contributed by atoms with van der Waals surface area (Å²) >= 11 is 0. The summed E-state index contributed by atoms with van der Waals surface area (Å²) in [5.74, 6) is 0. The normalized spacial score (nSPS) is 9.00. The number of hydrogen-bond donors (Lipinski definition) is 0. The first-order chi connectivity index (χ1) is 2.91. The van der Waals surface area contributed by atoms with Crippen molar-refractivity contribution in [1.82, 2.24) is 0 Å². The highest BCUT2D eigenvalue weighted by molar-refractivity contribution is 4.57. The Kier molecular flexibility index (Phi) is 3.86. The molecule has 0 saturated heterocycles. The number of ether oxygens (including phenoxy) is 2. The largest absolute Gasteiger partial charge is 0.501 e. The molecule has 0 rings (SSSR count). The summed E-state index contributed by atoms with van der Waals surface area (Å²) in [6.45, 7) is 0. The Morgan fingerprint density at radius 2 is 2.17 bits per heavy atom. The maximum atomic E-state index is 4.44. The summed E-state index contributed by atoms with van der Waals surface area (Å²) in [4.78, 5) is 0. The van der Waals surface area contributed by atoms with Gasteiger partial charge in [0.15, 0.2) is 0 Å². The van der Waals surface area contributed by atoms with Gasteiger partial charge in [0.25, 0.3) is 0 Å². The number of methoxy groups -OCH3 is 1. The molecular formula is C4H7O2. The van der Waals surface area contributed by atoms with Gasteiger partial charge in [-0.05, 0) is 0 Å². The molecule has 0 atom stereocenters. The predicted molar refractivity (Wildman–Crippen MR) is 22.6 cm³/mol. The van der Waals surface area contributed by atoms with Gasteiger partial charge in [0, 0.05) is 0 Å². The molecule has 0 aromatic heterocycles. The molecule has 0 aromatic carbocycles. The molecule has 1 radical (unpaired) electrons. The van der Waals surface area contributed by atoms with Crippen LogP contribution in [0.3, 0.4) is 0 Å². The van der Waals surface area contributed by atoms with E-state index in [0.717, 1.165) is 0 Å². The molecule has 0 aliphatic carbocycles. The first-order valence-corrected chi connectivity index (χ1v) is 1.50. The SMILES string of the molecule is [CH2]O/C=C\OC. The van der Waals surface area contributed by atoms with E-state index in [1.54, 1.807) is 0 Å². The van der Waals surface area contributed by atoms with Gasteiger partial charge in [-0.1, -0.05) is 0 Å². The Morgan fingerprint density at radius 1 is 1.50 bits per heavy atom. The quantitative estimate of drug-likeness (QED) is 0.466. The van der Waals surface area contributed by atoms with Gasteiger partial charge in [0.2, 0.25) is 0 Å². The second-order valence-electron chi connectivity index (χ2n) is 0.675. The van der Waals surface area contributed by atoms with Crippen LogP contribution in [0, 0.1) is 7.11 Å². The van der Waals surface area contributed by atoms with Gasteiger partial charge in [0.05, 0.1) is 7.11 Å². The lowest BCUT2D eigenvalue weighted by atomic mass is 11.0. The molecule has 0 spiro atoms. The standard InChI is InChI=1S/C4H7O2/c1-5-3-4-6-2/h3-4H,1H2,2H3/b4-3-. The molecular weight excluding hydrogens is 80.0 g/mol. The van der Waals surface area contributed by atoms with Crippen LogP contribution in [0.15, 0.2) is 12.5 Å². The zero-order valence-electron chi connectivity index (χ0n) is 3.68. The molecule has 0 aliphatic rings. The van der Waals surface area contributed by atoms with E-state index in [2.05, 4.69) is 16.6 Å². The summed E-state index contributed by atoms with van der Waals surface area (Å²) in [5, 5.41) is 0. The highest BCUT2D eigenvalue weighted by Crippen LogP contribution is 1.70. The lowest BCUT2D eigenvalue weighted by molar-refractivity contribution is 0.304. The Balaban J connectivity index is 2.73. The molecule has 6 heavy (non-hydrogen) atoms. The van der Waals surface area contributed by atoms with Crippen molar-refractivity contribution < 1.29 is 9.47 Å². The van der Waals surface area contributed by atoms with Gasteiger partial charge in [0.1, 0.15) is 19.6 Å². The molecule has 0 saturated carbocycles. The second kappa shape index (κ2) is 4.34. The number of hydrogen-bond acceptors (Lipinski definition) is 2. The summed E-state index contributed by atoms with van der Waals surface area (Å²) in [6.07, 6.45) is 2.74. The Hall–Kier alpha value is -0.660. The van der Waals surface area contributed by atoms with Crippen LogP contribution in [0.2, 0.25) is 0 Å². The lowest BCUT2D eigenvalue weighted by Crippen LogP contribution is -1.64. The molecule has 0 amide bonds. The maximum absolute atomic E-state index is 4.44. The van der Waals surface area contributed by atoms with Crippen LogP contribution in [0.4, 0.5) is 0 Å². The average Bonchev–Trinajstić information content (AvgIpc) is 1.61. The Bertz CT molecular complexity index is 34.8. The van der Waals surface area contributed by atoms with E-state index in [9.17, 15) is 0 Å². The van der Waals surface area contributed by atoms with Crippen LogP contribution in [0.5, 0.6) is 0 Å². The highest BCUT2D eigenvalue weighted by Gasteiger charge is 1.56. The van der Waals surface area contributed by atoms with Gasteiger partial charge < -0.3 is 9.47 Å². The third-order valence-corrected chi connectivity index (χ3v) is 0.288. The van der Waals surface area contributed by atoms with E-state index in [4.69, 9.17) is 0 Å². The van der Waals surface area contributed by atoms with Crippen LogP contribution in [0.1, 0.15) is 0 Å². The molecule has 0 fully saturated rings.